The van der Waals surface area contributed by atoms with Crippen molar-refractivity contribution in [3.8, 4) is 6.07 Å². The first-order valence-electron chi connectivity index (χ1n) is 5.27. The third-order valence-electron chi connectivity index (χ3n) is 2.34. The molecule has 0 aliphatic heterocycles. The van der Waals surface area contributed by atoms with E-state index in [1.807, 2.05) is 35.0 Å². The van der Waals surface area contributed by atoms with Crippen LogP contribution in [0.4, 0.5) is 0 Å². The minimum absolute atomic E-state index is 0.231. The van der Waals surface area contributed by atoms with Crippen molar-refractivity contribution in [1.29, 1.82) is 5.26 Å². The van der Waals surface area contributed by atoms with Gasteiger partial charge in [0.1, 0.15) is 6.61 Å². The van der Waals surface area contributed by atoms with E-state index in [0.717, 1.165) is 11.1 Å². The first kappa shape index (κ1) is 12.1. The van der Waals surface area contributed by atoms with Crippen molar-refractivity contribution in [2.24, 2.45) is 10.9 Å². The highest BCUT2D eigenvalue weighted by atomic mass is 32.1. The number of amidine groups is 1. The van der Waals surface area contributed by atoms with Crippen molar-refractivity contribution in [3.05, 3.63) is 57.8 Å². The van der Waals surface area contributed by atoms with Gasteiger partial charge >= 0.3 is 0 Å². The Morgan fingerprint density at radius 2 is 2.22 bits per heavy atom. The quantitative estimate of drug-likeness (QED) is 0.519. The van der Waals surface area contributed by atoms with E-state index in [1.54, 1.807) is 17.4 Å². The largest absolute Gasteiger partial charge is 0.389 e. The Hall–Kier alpha value is -2.32. The number of thiophene rings is 1. The lowest BCUT2D eigenvalue weighted by Gasteiger charge is -2.02. The van der Waals surface area contributed by atoms with Gasteiger partial charge in [-0.25, -0.2) is 0 Å². The number of nitrogens with two attached hydrogens (primary N) is 1. The highest BCUT2D eigenvalue weighted by molar-refractivity contribution is 7.08. The molecule has 1 aromatic carbocycles. The molecule has 0 atom stereocenters. The number of hydrogen-bond acceptors (Lipinski definition) is 4. The van der Waals surface area contributed by atoms with E-state index in [2.05, 4.69) is 11.2 Å². The molecule has 2 rings (SSSR count). The van der Waals surface area contributed by atoms with Gasteiger partial charge in [0.25, 0.3) is 0 Å². The normalized spacial score (nSPS) is 10.9. The molecule has 1 aromatic heterocycles. The fourth-order valence-electron chi connectivity index (χ4n) is 1.39. The van der Waals surface area contributed by atoms with Crippen LogP contribution in [0.1, 0.15) is 16.7 Å². The summed E-state index contributed by atoms with van der Waals surface area (Å²) in [6, 6.07) is 11.2. The summed E-state index contributed by atoms with van der Waals surface area (Å²) >= 11 is 1.54. The number of nitrogens with zero attached hydrogens (tertiary/aromatic N) is 2. The van der Waals surface area contributed by atoms with Crippen LogP contribution in [0.25, 0.3) is 0 Å². The number of oxime groups is 1. The number of nitriles is 1. The molecule has 0 saturated carbocycles. The molecule has 18 heavy (non-hydrogen) atoms. The molecule has 0 amide bonds. The summed E-state index contributed by atoms with van der Waals surface area (Å²) in [7, 11) is 0. The van der Waals surface area contributed by atoms with Crippen molar-refractivity contribution < 1.29 is 4.84 Å². The molecule has 0 aliphatic rings. The Labute approximate surface area is 109 Å². The maximum atomic E-state index is 8.91. The minimum Gasteiger partial charge on any atom is -0.389 e. The Morgan fingerprint density at radius 1 is 1.39 bits per heavy atom. The van der Waals surface area contributed by atoms with Crippen molar-refractivity contribution in [2.75, 3.05) is 0 Å². The molecule has 0 radical (unpaired) electrons. The number of hydrogen-bond donors (Lipinski definition) is 1. The van der Waals surface area contributed by atoms with E-state index >= 15 is 0 Å². The fraction of sp³-hybridized carbons (Fsp3) is 0.0769. The van der Waals surface area contributed by atoms with E-state index < -0.39 is 0 Å². The molecule has 1 heterocycles. The van der Waals surface area contributed by atoms with Crippen LogP contribution in [0.2, 0.25) is 0 Å². The van der Waals surface area contributed by atoms with Crippen molar-refractivity contribution >= 4 is 17.2 Å². The molecule has 0 unspecified atom stereocenters. The summed E-state index contributed by atoms with van der Waals surface area (Å²) in [6.45, 7) is 0.231. The van der Waals surface area contributed by atoms with Gasteiger partial charge in [0.15, 0.2) is 5.84 Å². The van der Waals surface area contributed by atoms with Crippen LogP contribution in [-0.2, 0) is 11.4 Å². The second-order valence-corrected chi connectivity index (χ2v) is 4.31. The Bertz CT molecular complexity index is 585. The van der Waals surface area contributed by atoms with Crippen LogP contribution in [0.5, 0.6) is 0 Å². The van der Waals surface area contributed by atoms with Crippen LogP contribution >= 0.6 is 11.3 Å². The van der Waals surface area contributed by atoms with Gasteiger partial charge in [-0.05, 0) is 17.5 Å². The zero-order valence-electron chi connectivity index (χ0n) is 9.54. The lowest BCUT2D eigenvalue weighted by Crippen LogP contribution is -2.12. The third-order valence-corrected chi connectivity index (χ3v) is 3.02. The molecule has 5 heteroatoms. The number of rotatable bonds is 4. The average Bonchev–Trinajstić information content (AvgIpc) is 2.93. The van der Waals surface area contributed by atoms with E-state index in [-0.39, 0.29) is 6.61 Å². The smallest absolute Gasteiger partial charge is 0.171 e. The Balaban J connectivity index is 2.01. The first-order chi connectivity index (χ1) is 8.81. The SMILES string of the molecule is N#Cc1ccccc1CO/N=C(\N)c1ccsc1. The zero-order chi connectivity index (χ0) is 12.8. The second kappa shape index (κ2) is 5.84. The molecule has 4 nitrogen and oxygen atoms in total. The maximum Gasteiger partial charge on any atom is 0.171 e. The predicted molar refractivity (Wildman–Crippen MR) is 71.0 cm³/mol. The molecular formula is C13H11N3OS. The standard InChI is InChI=1S/C13H11N3OS/c14-7-10-3-1-2-4-11(10)8-17-16-13(15)12-5-6-18-9-12/h1-6,9H,8H2,(H2,15,16). The van der Waals surface area contributed by atoms with Gasteiger partial charge in [0, 0.05) is 16.5 Å². The first-order valence-corrected chi connectivity index (χ1v) is 6.21. The summed E-state index contributed by atoms with van der Waals surface area (Å²) in [4.78, 5) is 5.16. The van der Waals surface area contributed by atoms with E-state index in [4.69, 9.17) is 15.8 Å². The number of benzene rings is 1. The second-order valence-electron chi connectivity index (χ2n) is 3.53. The van der Waals surface area contributed by atoms with Crippen LogP contribution < -0.4 is 5.73 Å². The van der Waals surface area contributed by atoms with Gasteiger partial charge in [0.2, 0.25) is 0 Å². The van der Waals surface area contributed by atoms with E-state index in [0.29, 0.717) is 11.4 Å². The monoisotopic (exact) mass is 257 g/mol. The fourth-order valence-corrected chi connectivity index (χ4v) is 2.04. The Kier molecular flexibility index (Phi) is 3.94. The summed E-state index contributed by atoms with van der Waals surface area (Å²) in [5.41, 5.74) is 7.96. The topological polar surface area (TPSA) is 71.4 Å². The average molecular weight is 257 g/mol. The summed E-state index contributed by atoms with van der Waals surface area (Å²) in [5.74, 6) is 0.339. The van der Waals surface area contributed by atoms with Gasteiger partial charge in [0.05, 0.1) is 11.6 Å². The highest BCUT2D eigenvalue weighted by Gasteiger charge is 2.02. The van der Waals surface area contributed by atoms with Gasteiger partial charge in [-0.2, -0.15) is 16.6 Å². The van der Waals surface area contributed by atoms with Crippen molar-refractivity contribution in [1.82, 2.24) is 0 Å². The summed E-state index contributed by atoms with van der Waals surface area (Å²) in [6.07, 6.45) is 0. The van der Waals surface area contributed by atoms with E-state index in [1.165, 1.54) is 0 Å². The summed E-state index contributed by atoms with van der Waals surface area (Å²) in [5, 5.41) is 16.6. The highest BCUT2D eigenvalue weighted by Crippen LogP contribution is 2.09. The molecule has 0 bridgehead atoms. The summed E-state index contributed by atoms with van der Waals surface area (Å²) < 4.78 is 0. The molecule has 0 aliphatic carbocycles. The van der Waals surface area contributed by atoms with Crippen LogP contribution in [-0.4, -0.2) is 5.84 Å². The lowest BCUT2D eigenvalue weighted by molar-refractivity contribution is 0.130. The van der Waals surface area contributed by atoms with Gasteiger partial charge in [-0.15, -0.1) is 0 Å². The van der Waals surface area contributed by atoms with Gasteiger partial charge in [-0.3, -0.25) is 0 Å². The van der Waals surface area contributed by atoms with Crippen LogP contribution in [0, 0.1) is 11.3 Å². The van der Waals surface area contributed by atoms with E-state index in [9.17, 15) is 0 Å². The predicted octanol–water partition coefficient (Wildman–Crippen LogP) is 2.46. The van der Waals surface area contributed by atoms with Crippen molar-refractivity contribution in [2.45, 2.75) is 6.61 Å². The van der Waals surface area contributed by atoms with Gasteiger partial charge in [-0.1, -0.05) is 23.4 Å². The maximum absolute atomic E-state index is 8.91. The molecule has 0 spiro atoms. The Morgan fingerprint density at radius 3 is 2.94 bits per heavy atom. The molecule has 0 saturated heterocycles. The lowest BCUT2D eigenvalue weighted by atomic mass is 10.1. The van der Waals surface area contributed by atoms with Crippen molar-refractivity contribution in [3.63, 3.8) is 0 Å². The zero-order valence-corrected chi connectivity index (χ0v) is 10.4. The van der Waals surface area contributed by atoms with Crippen LogP contribution in [0.15, 0.2) is 46.2 Å². The minimum atomic E-state index is 0.231. The molecule has 2 aromatic rings. The molecule has 0 fully saturated rings. The van der Waals surface area contributed by atoms with Gasteiger partial charge < -0.3 is 10.6 Å². The van der Waals surface area contributed by atoms with Crippen LogP contribution in [0.3, 0.4) is 0 Å². The molecule has 2 N–H and O–H groups in total. The molecular weight excluding hydrogens is 246 g/mol. The molecule has 90 valence electrons. The third kappa shape index (κ3) is 2.87.